The van der Waals surface area contributed by atoms with Gasteiger partial charge in [0.05, 0.1) is 23.4 Å². The summed E-state index contributed by atoms with van der Waals surface area (Å²) in [4.78, 5) is 6.96. The van der Waals surface area contributed by atoms with Gasteiger partial charge in [0, 0.05) is 25.2 Å². The zero-order chi connectivity index (χ0) is 14.8. The molecule has 1 aliphatic rings. The van der Waals surface area contributed by atoms with Crippen LogP contribution in [0.25, 0.3) is 0 Å². The van der Waals surface area contributed by atoms with Gasteiger partial charge in [0.15, 0.2) is 0 Å². The van der Waals surface area contributed by atoms with E-state index < -0.39 is 0 Å². The number of nitrogens with one attached hydrogen (secondary N) is 1. The topological polar surface area (TPSA) is 37.4 Å². The van der Waals surface area contributed by atoms with Crippen LogP contribution >= 0.6 is 11.6 Å². The summed E-state index contributed by atoms with van der Waals surface area (Å²) in [5.41, 5.74) is 0.951. The molecule has 1 saturated heterocycles. The molecule has 1 fully saturated rings. The van der Waals surface area contributed by atoms with Crippen LogP contribution in [-0.2, 0) is 11.3 Å². The number of morpholine rings is 1. The largest absolute Gasteiger partial charge is 0.375 e. The number of nitrogens with zero attached hydrogens (tertiary/aromatic N) is 2. The predicted molar refractivity (Wildman–Crippen MR) is 83.5 cm³/mol. The molecule has 4 nitrogen and oxygen atoms in total. The number of anilines is 1. The van der Waals surface area contributed by atoms with E-state index in [0.29, 0.717) is 11.6 Å². The average molecular weight is 298 g/mol. The van der Waals surface area contributed by atoms with Crippen LogP contribution in [0.3, 0.4) is 0 Å². The Morgan fingerprint density at radius 2 is 2.20 bits per heavy atom. The lowest BCUT2D eigenvalue weighted by atomic mass is 10.1. The molecule has 1 unspecified atom stereocenters. The molecule has 0 amide bonds. The van der Waals surface area contributed by atoms with E-state index in [1.54, 1.807) is 0 Å². The normalized spacial score (nSPS) is 20.2. The van der Waals surface area contributed by atoms with Crippen LogP contribution in [0.4, 0.5) is 5.82 Å². The van der Waals surface area contributed by atoms with E-state index in [1.807, 2.05) is 12.1 Å². The Balaban J connectivity index is 2.11. The number of hydrogen-bond acceptors (Lipinski definition) is 4. The van der Waals surface area contributed by atoms with Gasteiger partial charge in [-0.1, -0.05) is 11.6 Å². The summed E-state index contributed by atoms with van der Waals surface area (Å²) < 4.78 is 5.57. The Kier molecular flexibility index (Phi) is 4.89. The Labute approximate surface area is 126 Å². The minimum atomic E-state index is 0.0501. The van der Waals surface area contributed by atoms with Gasteiger partial charge < -0.3 is 15.0 Å². The van der Waals surface area contributed by atoms with Gasteiger partial charge in [0.25, 0.3) is 0 Å². The third kappa shape index (κ3) is 4.33. The summed E-state index contributed by atoms with van der Waals surface area (Å²) in [6, 6.07) is 3.92. The molecule has 2 heterocycles. The molecule has 0 aliphatic carbocycles. The summed E-state index contributed by atoms with van der Waals surface area (Å²) >= 11 is 6.25. The van der Waals surface area contributed by atoms with Crippen molar-refractivity contribution in [2.75, 3.05) is 24.6 Å². The number of pyridine rings is 1. The van der Waals surface area contributed by atoms with Gasteiger partial charge in [-0.05, 0) is 39.8 Å². The van der Waals surface area contributed by atoms with Crippen molar-refractivity contribution in [2.24, 2.45) is 0 Å². The van der Waals surface area contributed by atoms with Crippen LogP contribution in [-0.4, -0.2) is 36.3 Å². The Morgan fingerprint density at radius 3 is 2.85 bits per heavy atom. The van der Waals surface area contributed by atoms with E-state index in [1.165, 1.54) is 0 Å². The Morgan fingerprint density at radius 1 is 1.45 bits per heavy atom. The van der Waals surface area contributed by atoms with Crippen LogP contribution < -0.4 is 10.2 Å². The van der Waals surface area contributed by atoms with E-state index in [-0.39, 0.29) is 11.6 Å². The van der Waals surface area contributed by atoms with Crippen LogP contribution in [0, 0.1) is 0 Å². The standard InChI is InChI=1S/C15H24ClN3O/c1-11-10-19(7-8-20-11)14-6-5-12(16)13(18-14)9-17-15(2,3)4/h5-6,11,17H,7-10H2,1-4H3. The second kappa shape index (κ2) is 6.29. The first-order valence-corrected chi connectivity index (χ1v) is 7.50. The smallest absolute Gasteiger partial charge is 0.129 e. The highest BCUT2D eigenvalue weighted by atomic mass is 35.5. The van der Waals surface area contributed by atoms with E-state index in [4.69, 9.17) is 21.3 Å². The first kappa shape index (κ1) is 15.5. The van der Waals surface area contributed by atoms with Crippen molar-refractivity contribution in [3.8, 4) is 0 Å². The summed E-state index contributed by atoms with van der Waals surface area (Å²) in [6.45, 7) is 11.7. The SMILES string of the molecule is CC1CN(c2ccc(Cl)c(CNC(C)(C)C)n2)CCO1. The van der Waals surface area contributed by atoms with Crippen molar-refractivity contribution in [1.29, 1.82) is 0 Å². The maximum atomic E-state index is 6.25. The Bertz CT molecular complexity index is 459. The fraction of sp³-hybridized carbons (Fsp3) is 0.667. The number of ether oxygens (including phenoxy) is 1. The average Bonchev–Trinajstić information content (AvgIpc) is 2.37. The molecule has 1 aliphatic heterocycles. The van der Waals surface area contributed by atoms with Gasteiger partial charge in [-0.15, -0.1) is 0 Å². The summed E-state index contributed by atoms with van der Waals surface area (Å²) in [6.07, 6.45) is 0.248. The van der Waals surface area contributed by atoms with Crippen molar-refractivity contribution in [1.82, 2.24) is 10.3 Å². The van der Waals surface area contributed by atoms with Gasteiger partial charge in [0.2, 0.25) is 0 Å². The molecule has 0 radical (unpaired) electrons. The molecule has 20 heavy (non-hydrogen) atoms. The van der Waals surface area contributed by atoms with Gasteiger partial charge in [-0.25, -0.2) is 4.98 Å². The summed E-state index contributed by atoms with van der Waals surface area (Å²) in [5, 5.41) is 4.14. The van der Waals surface area contributed by atoms with Crippen molar-refractivity contribution in [2.45, 2.75) is 45.9 Å². The van der Waals surface area contributed by atoms with Crippen LogP contribution in [0.15, 0.2) is 12.1 Å². The quantitative estimate of drug-likeness (QED) is 0.931. The lowest BCUT2D eigenvalue weighted by Crippen LogP contribution is -2.41. The molecule has 1 atom stereocenters. The molecule has 1 aromatic rings. The van der Waals surface area contributed by atoms with E-state index in [2.05, 4.69) is 37.9 Å². The highest BCUT2D eigenvalue weighted by Gasteiger charge is 2.19. The molecule has 5 heteroatoms. The molecule has 1 N–H and O–H groups in total. The molecular weight excluding hydrogens is 274 g/mol. The third-order valence-electron chi connectivity index (χ3n) is 3.26. The molecule has 0 aromatic carbocycles. The van der Waals surface area contributed by atoms with Crippen molar-refractivity contribution >= 4 is 17.4 Å². The van der Waals surface area contributed by atoms with Crippen molar-refractivity contribution in [3.05, 3.63) is 22.8 Å². The van der Waals surface area contributed by atoms with E-state index in [0.717, 1.165) is 31.2 Å². The van der Waals surface area contributed by atoms with E-state index >= 15 is 0 Å². The maximum Gasteiger partial charge on any atom is 0.129 e. The van der Waals surface area contributed by atoms with Crippen LogP contribution in [0.1, 0.15) is 33.4 Å². The predicted octanol–water partition coefficient (Wildman–Crippen LogP) is 2.85. The van der Waals surface area contributed by atoms with Crippen LogP contribution in [0.5, 0.6) is 0 Å². The van der Waals surface area contributed by atoms with Gasteiger partial charge >= 0.3 is 0 Å². The van der Waals surface area contributed by atoms with Crippen molar-refractivity contribution < 1.29 is 4.74 Å². The zero-order valence-corrected chi connectivity index (χ0v) is 13.5. The second-order valence-corrected chi connectivity index (χ2v) is 6.74. The summed E-state index contributed by atoms with van der Waals surface area (Å²) in [5.74, 6) is 0.982. The fourth-order valence-electron chi connectivity index (χ4n) is 2.15. The maximum absolute atomic E-state index is 6.25. The molecular formula is C15H24ClN3O. The second-order valence-electron chi connectivity index (χ2n) is 6.33. The Hall–Kier alpha value is -0.840. The molecule has 112 valence electrons. The van der Waals surface area contributed by atoms with Crippen molar-refractivity contribution in [3.63, 3.8) is 0 Å². The highest BCUT2D eigenvalue weighted by Crippen LogP contribution is 2.21. The van der Waals surface area contributed by atoms with E-state index in [9.17, 15) is 0 Å². The molecule has 0 bridgehead atoms. The highest BCUT2D eigenvalue weighted by molar-refractivity contribution is 6.31. The number of halogens is 1. The fourth-order valence-corrected chi connectivity index (χ4v) is 2.32. The zero-order valence-electron chi connectivity index (χ0n) is 12.7. The lowest BCUT2D eigenvalue weighted by molar-refractivity contribution is 0.0529. The van der Waals surface area contributed by atoms with Gasteiger partial charge in [-0.3, -0.25) is 0 Å². The molecule has 2 rings (SSSR count). The molecule has 0 saturated carbocycles. The number of aromatic nitrogens is 1. The monoisotopic (exact) mass is 297 g/mol. The molecule has 0 spiro atoms. The van der Waals surface area contributed by atoms with Gasteiger partial charge in [-0.2, -0.15) is 0 Å². The lowest BCUT2D eigenvalue weighted by Gasteiger charge is -2.32. The minimum Gasteiger partial charge on any atom is -0.375 e. The minimum absolute atomic E-state index is 0.0501. The number of rotatable bonds is 3. The summed E-state index contributed by atoms with van der Waals surface area (Å²) in [7, 11) is 0. The first-order valence-electron chi connectivity index (χ1n) is 7.12. The van der Waals surface area contributed by atoms with Crippen LogP contribution in [0.2, 0.25) is 5.02 Å². The third-order valence-corrected chi connectivity index (χ3v) is 3.60. The number of hydrogen-bond donors (Lipinski definition) is 1. The van der Waals surface area contributed by atoms with Gasteiger partial charge in [0.1, 0.15) is 5.82 Å². The molecule has 1 aromatic heterocycles. The first-order chi connectivity index (χ1) is 9.35.